The first kappa shape index (κ1) is 19.6. The number of benzene rings is 1. The molecule has 9 nitrogen and oxygen atoms in total. The molecule has 2 amide bonds. The quantitative estimate of drug-likeness (QED) is 0.496. The highest BCUT2D eigenvalue weighted by atomic mass is 16.2. The minimum atomic E-state index is -0.501. The maximum absolute atomic E-state index is 12.3. The molecule has 28 heavy (non-hydrogen) atoms. The Morgan fingerprint density at radius 3 is 2.86 bits per heavy atom. The van der Waals surface area contributed by atoms with E-state index in [0.29, 0.717) is 38.4 Å². The van der Waals surface area contributed by atoms with Gasteiger partial charge in [0.15, 0.2) is 0 Å². The SMILES string of the molecule is O=C(CC1C(=O)NCCN1C/C=C/c1ccccc1)NCCc1n[nH]c(=O)[nH]1. The second-order valence-corrected chi connectivity index (χ2v) is 6.54. The van der Waals surface area contributed by atoms with Crippen molar-refractivity contribution in [2.45, 2.75) is 18.9 Å². The number of nitrogens with zero attached hydrogens (tertiary/aromatic N) is 2. The fourth-order valence-corrected chi connectivity index (χ4v) is 3.08. The fourth-order valence-electron chi connectivity index (χ4n) is 3.08. The van der Waals surface area contributed by atoms with Crippen LogP contribution in [-0.2, 0) is 16.0 Å². The average Bonchev–Trinajstić information content (AvgIpc) is 3.10. The van der Waals surface area contributed by atoms with Crippen molar-refractivity contribution < 1.29 is 9.59 Å². The second kappa shape index (κ2) is 9.65. The zero-order valence-corrected chi connectivity index (χ0v) is 15.5. The summed E-state index contributed by atoms with van der Waals surface area (Å²) >= 11 is 0. The molecule has 1 aliphatic heterocycles. The summed E-state index contributed by atoms with van der Waals surface area (Å²) in [5.41, 5.74) is 0.717. The standard InChI is InChI=1S/C19H24N6O3/c26-17(20-9-8-16-22-19(28)24-23-16)13-15-18(27)21-10-12-25(15)11-4-7-14-5-2-1-3-6-14/h1-7,15H,8-13H2,(H,20,26)(H,21,27)(H2,22,23,24,28)/b7-4+. The summed E-state index contributed by atoms with van der Waals surface area (Å²) in [4.78, 5) is 40.0. The van der Waals surface area contributed by atoms with Crippen LogP contribution in [0, 0.1) is 0 Å². The summed E-state index contributed by atoms with van der Waals surface area (Å²) in [6.45, 7) is 2.19. The fraction of sp³-hybridized carbons (Fsp3) is 0.368. The van der Waals surface area contributed by atoms with Gasteiger partial charge in [0.25, 0.3) is 0 Å². The Hall–Kier alpha value is -3.20. The molecule has 2 aromatic rings. The highest BCUT2D eigenvalue weighted by Gasteiger charge is 2.30. The molecular formula is C19H24N6O3. The third-order valence-corrected chi connectivity index (χ3v) is 4.50. The topological polar surface area (TPSA) is 123 Å². The summed E-state index contributed by atoms with van der Waals surface area (Å²) in [5.74, 6) is 0.136. The van der Waals surface area contributed by atoms with Crippen molar-refractivity contribution in [2.75, 3.05) is 26.2 Å². The van der Waals surface area contributed by atoms with Crippen LogP contribution < -0.4 is 16.3 Å². The number of nitrogens with one attached hydrogen (secondary N) is 4. The first-order valence-corrected chi connectivity index (χ1v) is 9.25. The lowest BCUT2D eigenvalue weighted by Crippen LogP contribution is -2.56. The number of aromatic nitrogens is 3. The predicted octanol–water partition coefficient (Wildman–Crippen LogP) is -0.339. The van der Waals surface area contributed by atoms with Crippen molar-refractivity contribution >= 4 is 17.9 Å². The van der Waals surface area contributed by atoms with Crippen LogP contribution in [0.15, 0.2) is 41.2 Å². The monoisotopic (exact) mass is 384 g/mol. The molecule has 1 aromatic carbocycles. The third-order valence-electron chi connectivity index (χ3n) is 4.50. The molecule has 9 heteroatoms. The van der Waals surface area contributed by atoms with E-state index in [1.807, 2.05) is 47.4 Å². The van der Waals surface area contributed by atoms with E-state index in [2.05, 4.69) is 25.8 Å². The van der Waals surface area contributed by atoms with E-state index >= 15 is 0 Å². The first-order chi connectivity index (χ1) is 13.6. The van der Waals surface area contributed by atoms with Crippen LogP contribution in [0.4, 0.5) is 0 Å². The second-order valence-electron chi connectivity index (χ2n) is 6.54. The third kappa shape index (κ3) is 5.65. The average molecular weight is 384 g/mol. The highest BCUT2D eigenvalue weighted by Crippen LogP contribution is 2.10. The van der Waals surface area contributed by atoms with Gasteiger partial charge in [0, 0.05) is 32.6 Å². The lowest BCUT2D eigenvalue weighted by molar-refractivity contribution is -0.133. The van der Waals surface area contributed by atoms with Gasteiger partial charge in [0.1, 0.15) is 5.82 Å². The summed E-state index contributed by atoms with van der Waals surface area (Å²) in [6.07, 6.45) is 4.51. The van der Waals surface area contributed by atoms with Crippen LogP contribution in [0.1, 0.15) is 17.8 Å². The molecule has 1 saturated heterocycles. The molecule has 0 aliphatic carbocycles. The summed E-state index contributed by atoms with van der Waals surface area (Å²) in [7, 11) is 0. The Morgan fingerprint density at radius 2 is 2.11 bits per heavy atom. The number of hydrogen-bond donors (Lipinski definition) is 4. The van der Waals surface area contributed by atoms with Gasteiger partial charge in [-0.1, -0.05) is 42.5 Å². The van der Waals surface area contributed by atoms with Gasteiger partial charge in [0.2, 0.25) is 11.8 Å². The maximum atomic E-state index is 12.3. The minimum absolute atomic E-state index is 0.0854. The van der Waals surface area contributed by atoms with Crippen LogP contribution in [0.25, 0.3) is 6.08 Å². The predicted molar refractivity (Wildman–Crippen MR) is 104 cm³/mol. The van der Waals surface area contributed by atoms with E-state index in [9.17, 15) is 14.4 Å². The number of carbonyl (C=O) groups is 2. The van der Waals surface area contributed by atoms with Gasteiger partial charge in [-0.2, -0.15) is 5.10 Å². The van der Waals surface area contributed by atoms with Crippen molar-refractivity contribution in [2.24, 2.45) is 0 Å². The molecule has 2 heterocycles. The summed E-state index contributed by atoms with van der Waals surface area (Å²) in [5, 5.41) is 11.7. The Kier molecular flexibility index (Phi) is 6.74. The summed E-state index contributed by atoms with van der Waals surface area (Å²) < 4.78 is 0. The zero-order chi connectivity index (χ0) is 19.8. The normalized spacial score (nSPS) is 17.6. The molecule has 1 atom stereocenters. The van der Waals surface area contributed by atoms with Crippen LogP contribution in [0.5, 0.6) is 0 Å². The Morgan fingerprint density at radius 1 is 1.29 bits per heavy atom. The van der Waals surface area contributed by atoms with Gasteiger partial charge in [0.05, 0.1) is 12.5 Å². The van der Waals surface area contributed by atoms with E-state index in [4.69, 9.17) is 0 Å². The minimum Gasteiger partial charge on any atom is -0.356 e. The molecule has 0 bridgehead atoms. The van der Waals surface area contributed by atoms with Crippen LogP contribution >= 0.6 is 0 Å². The number of rotatable bonds is 8. The molecular weight excluding hydrogens is 360 g/mol. The lowest BCUT2D eigenvalue weighted by Gasteiger charge is -2.33. The van der Waals surface area contributed by atoms with Crippen molar-refractivity contribution in [3.8, 4) is 0 Å². The Balaban J connectivity index is 1.50. The van der Waals surface area contributed by atoms with Gasteiger partial charge in [-0.05, 0) is 5.56 Å². The van der Waals surface area contributed by atoms with E-state index < -0.39 is 6.04 Å². The molecule has 0 spiro atoms. The van der Waals surface area contributed by atoms with Gasteiger partial charge < -0.3 is 10.6 Å². The van der Waals surface area contributed by atoms with Crippen LogP contribution in [0.2, 0.25) is 0 Å². The van der Waals surface area contributed by atoms with Crippen molar-refractivity contribution in [1.29, 1.82) is 0 Å². The number of piperazine rings is 1. The van der Waals surface area contributed by atoms with Crippen LogP contribution in [-0.4, -0.2) is 64.1 Å². The van der Waals surface area contributed by atoms with Gasteiger partial charge in [-0.25, -0.2) is 9.89 Å². The molecule has 4 N–H and O–H groups in total. The number of H-pyrrole nitrogens is 2. The smallest absolute Gasteiger partial charge is 0.340 e. The molecule has 0 radical (unpaired) electrons. The van der Waals surface area contributed by atoms with E-state index in [0.717, 1.165) is 5.56 Å². The van der Waals surface area contributed by atoms with Gasteiger partial charge in [-0.3, -0.25) is 19.5 Å². The molecule has 1 aromatic heterocycles. The first-order valence-electron chi connectivity index (χ1n) is 9.25. The molecule has 0 saturated carbocycles. The molecule has 148 valence electrons. The van der Waals surface area contributed by atoms with E-state index in [1.54, 1.807) is 0 Å². The molecule has 1 fully saturated rings. The van der Waals surface area contributed by atoms with Crippen molar-refractivity contribution in [1.82, 2.24) is 30.7 Å². The maximum Gasteiger partial charge on any atom is 0.340 e. The Bertz CT molecular complexity index is 873. The van der Waals surface area contributed by atoms with Crippen molar-refractivity contribution in [3.05, 3.63) is 58.3 Å². The van der Waals surface area contributed by atoms with E-state index in [1.165, 1.54) is 0 Å². The highest BCUT2D eigenvalue weighted by molar-refractivity contribution is 5.88. The van der Waals surface area contributed by atoms with Crippen LogP contribution in [0.3, 0.4) is 0 Å². The van der Waals surface area contributed by atoms with Crippen molar-refractivity contribution in [3.63, 3.8) is 0 Å². The number of carbonyl (C=O) groups excluding carboxylic acids is 2. The largest absolute Gasteiger partial charge is 0.356 e. The number of aromatic amines is 2. The molecule has 3 rings (SSSR count). The van der Waals surface area contributed by atoms with Gasteiger partial charge in [-0.15, -0.1) is 0 Å². The molecule has 1 unspecified atom stereocenters. The Labute approximate surface area is 162 Å². The lowest BCUT2D eigenvalue weighted by atomic mass is 10.1. The number of amides is 2. The number of hydrogen-bond acceptors (Lipinski definition) is 5. The van der Waals surface area contributed by atoms with E-state index in [-0.39, 0.29) is 23.9 Å². The molecule has 1 aliphatic rings. The summed E-state index contributed by atoms with van der Waals surface area (Å²) in [6, 6.07) is 9.43. The van der Waals surface area contributed by atoms with Gasteiger partial charge >= 0.3 is 5.69 Å². The zero-order valence-electron chi connectivity index (χ0n) is 15.5.